The first-order chi connectivity index (χ1) is 9.61. The number of anilines is 1. The molecule has 0 heterocycles. The number of rotatable bonds is 7. The van der Waals surface area contributed by atoms with E-state index < -0.39 is 0 Å². The van der Waals surface area contributed by atoms with Crippen molar-refractivity contribution in [2.24, 2.45) is 0 Å². The van der Waals surface area contributed by atoms with Crippen molar-refractivity contribution in [3.8, 4) is 0 Å². The molecule has 0 saturated heterocycles. The normalized spacial score (nSPS) is 14.6. The molecule has 2 N–H and O–H groups in total. The van der Waals surface area contributed by atoms with Crippen LogP contribution in [0, 0.1) is 0 Å². The lowest BCUT2D eigenvalue weighted by Crippen LogP contribution is -2.32. The summed E-state index contributed by atoms with van der Waals surface area (Å²) >= 11 is 12.0. The molecule has 20 heavy (non-hydrogen) atoms. The van der Waals surface area contributed by atoms with Crippen LogP contribution >= 0.6 is 23.2 Å². The standard InChI is InChI=1S/C14H18Cl2N2O2/c15-11-2-1-3-12(16)14(11)17-13(20)6-7-18(8-9-19)10-4-5-10/h1-3,10,19H,4-9H2,(H,17,20). The smallest absolute Gasteiger partial charge is 0.225 e. The Balaban J connectivity index is 1.85. The summed E-state index contributed by atoms with van der Waals surface area (Å²) in [5.41, 5.74) is 0.459. The number of nitrogens with one attached hydrogen (secondary N) is 1. The van der Waals surface area contributed by atoms with Gasteiger partial charge in [-0.15, -0.1) is 0 Å². The minimum absolute atomic E-state index is 0.120. The van der Waals surface area contributed by atoms with Gasteiger partial charge in [-0.25, -0.2) is 0 Å². The Kier molecular flexibility index (Phi) is 5.66. The van der Waals surface area contributed by atoms with E-state index in [1.54, 1.807) is 18.2 Å². The van der Waals surface area contributed by atoms with Crippen LogP contribution in [0.1, 0.15) is 19.3 Å². The number of aliphatic hydroxyl groups is 1. The average Bonchev–Trinajstić information content (AvgIpc) is 3.23. The Hall–Kier alpha value is -0.810. The van der Waals surface area contributed by atoms with Crippen LogP contribution < -0.4 is 5.32 Å². The molecule has 0 radical (unpaired) electrons. The van der Waals surface area contributed by atoms with Gasteiger partial charge in [-0.2, -0.15) is 0 Å². The van der Waals surface area contributed by atoms with Crippen molar-refractivity contribution in [1.29, 1.82) is 0 Å². The highest BCUT2D eigenvalue weighted by atomic mass is 35.5. The number of amides is 1. The van der Waals surface area contributed by atoms with Crippen LogP contribution in [0.3, 0.4) is 0 Å². The third-order valence-electron chi connectivity index (χ3n) is 3.30. The van der Waals surface area contributed by atoms with Gasteiger partial charge in [-0.05, 0) is 25.0 Å². The maximum absolute atomic E-state index is 12.0. The second-order valence-corrected chi connectivity index (χ2v) is 5.70. The molecule has 0 bridgehead atoms. The van der Waals surface area contributed by atoms with E-state index in [1.165, 1.54) is 0 Å². The van der Waals surface area contributed by atoms with Gasteiger partial charge in [0.1, 0.15) is 0 Å². The van der Waals surface area contributed by atoms with Gasteiger partial charge in [-0.1, -0.05) is 29.3 Å². The van der Waals surface area contributed by atoms with Crippen LogP contribution in [0.4, 0.5) is 5.69 Å². The number of halogens is 2. The topological polar surface area (TPSA) is 52.6 Å². The van der Waals surface area contributed by atoms with Gasteiger partial charge in [0.25, 0.3) is 0 Å². The minimum atomic E-state index is -0.122. The molecule has 1 aliphatic carbocycles. The van der Waals surface area contributed by atoms with Gasteiger partial charge >= 0.3 is 0 Å². The highest BCUT2D eigenvalue weighted by molar-refractivity contribution is 6.39. The van der Waals surface area contributed by atoms with E-state index in [9.17, 15) is 4.79 Å². The first kappa shape index (κ1) is 15.6. The van der Waals surface area contributed by atoms with Gasteiger partial charge in [0.05, 0.1) is 22.3 Å². The quantitative estimate of drug-likeness (QED) is 0.813. The number of carbonyl (C=O) groups excluding carboxylic acids is 1. The van der Waals surface area contributed by atoms with Crippen LogP contribution in [-0.4, -0.2) is 41.7 Å². The van der Waals surface area contributed by atoms with Crippen molar-refractivity contribution in [2.75, 3.05) is 25.0 Å². The van der Waals surface area contributed by atoms with Crippen LogP contribution in [0.5, 0.6) is 0 Å². The Labute approximate surface area is 128 Å². The summed E-state index contributed by atoms with van der Waals surface area (Å²) in [6.07, 6.45) is 2.66. The van der Waals surface area contributed by atoms with Crippen molar-refractivity contribution in [2.45, 2.75) is 25.3 Å². The molecule has 1 aromatic carbocycles. The summed E-state index contributed by atoms with van der Waals surface area (Å²) in [4.78, 5) is 14.1. The Morgan fingerprint density at radius 1 is 1.30 bits per heavy atom. The van der Waals surface area contributed by atoms with Crippen molar-refractivity contribution >= 4 is 34.8 Å². The summed E-state index contributed by atoms with van der Waals surface area (Å²) in [7, 11) is 0. The van der Waals surface area contributed by atoms with Crippen molar-refractivity contribution in [3.05, 3.63) is 28.2 Å². The van der Waals surface area contributed by atoms with Gasteiger partial charge in [0.2, 0.25) is 5.91 Å². The van der Waals surface area contributed by atoms with Crippen LogP contribution in [0.25, 0.3) is 0 Å². The molecule has 0 aromatic heterocycles. The van der Waals surface area contributed by atoms with Gasteiger partial charge < -0.3 is 10.4 Å². The molecular formula is C14H18Cl2N2O2. The molecule has 0 spiro atoms. The molecule has 1 aliphatic rings. The zero-order valence-corrected chi connectivity index (χ0v) is 12.6. The van der Waals surface area contributed by atoms with E-state index in [0.29, 0.717) is 41.3 Å². The molecule has 110 valence electrons. The molecule has 2 rings (SSSR count). The minimum Gasteiger partial charge on any atom is -0.395 e. The molecule has 4 nitrogen and oxygen atoms in total. The van der Waals surface area contributed by atoms with E-state index in [4.69, 9.17) is 28.3 Å². The van der Waals surface area contributed by atoms with Crippen molar-refractivity contribution in [3.63, 3.8) is 0 Å². The van der Waals surface area contributed by atoms with Crippen molar-refractivity contribution in [1.82, 2.24) is 4.90 Å². The van der Waals surface area contributed by atoms with Gasteiger partial charge in [0, 0.05) is 25.6 Å². The fourth-order valence-electron chi connectivity index (χ4n) is 2.11. The molecule has 1 amide bonds. The Morgan fingerprint density at radius 3 is 2.50 bits per heavy atom. The molecule has 1 fully saturated rings. The third kappa shape index (κ3) is 4.35. The summed E-state index contributed by atoms with van der Waals surface area (Å²) in [6, 6.07) is 5.63. The van der Waals surface area contributed by atoms with Crippen LogP contribution in [0.15, 0.2) is 18.2 Å². The SMILES string of the molecule is O=C(CCN(CCO)C1CC1)Nc1c(Cl)cccc1Cl. The Bertz CT molecular complexity index is 458. The summed E-state index contributed by atoms with van der Waals surface area (Å²) in [6.45, 7) is 1.37. The lowest BCUT2D eigenvalue weighted by atomic mass is 10.3. The van der Waals surface area contributed by atoms with E-state index in [1.807, 2.05) is 0 Å². The Morgan fingerprint density at radius 2 is 1.95 bits per heavy atom. The highest BCUT2D eigenvalue weighted by Crippen LogP contribution is 2.30. The number of hydrogen-bond donors (Lipinski definition) is 2. The maximum atomic E-state index is 12.0. The second-order valence-electron chi connectivity index (χ2n) is 4.89. The maximum Gasteiger partial charge on any atom is 0.225 e. The third-order valence-corrected chi connectivity index (χ3v) is 3.93. The summed E-state index contributed by atoms with van der Waals surface area (Å²) < 4.78 is 0. The predicted octanol–water partition coefficient (Wildman–Crippen LogP) is 2.78. The monoisotopic (exact) mass is 316 g/mol. The molecule has 0 unspecified atom stereocenters. The number of para-hydroxylation sites is 1. The highest BCUT2D eigenvalue weighted by Gasteiger charge is 2.28. The zero-order chi connectivity index (χ0) is 14.5. The number of nitrogens with zero attached hydrogens (tertiary/aromatic N) is 1. The van der Waals surface area contributed by atoms with E-state index in [0.717, 1.165) is 12.8 Å². The number of carbonyl (C=O) groups is 1. The predicted molar refractivity (Wildman–Crippen MR) is 81.4 cm³/mol. The molecule has 0 aliphatic heterocycles. The fourth-order valence-corrected chi connectivity index (χ4v) is 2.60. The molecule has 1 saturated carbocycles. The summed E-state index contributed by atoms with van der Waals surface area (Å²) in [5, 5.41) is 12.6. The lowest BCUT2D eigenvalue weighted by molar-refractivity contribution is -0.116. The number of hydrogen-bond acceptors (Lipinski definition) is 3. The summed E-state index contributed by atoms with van der Waals surface area (Å²) in [5.74, 6) is -0.122. The molecule has 6 heteroatoms. The molecule has 1 aromatic rings. The van der Waals surface area contributed by atoms with E-state index in [2.05, 4.69) is 10.2 Å². The van der Waals surface area contributed by atoms with Gasteiger partial charge in [-0.3, -0.25) is 9.69 Å². The van der Waals surface area contributed by atoms with E-state index >= 15 is 0 Å². The number of aliphatic hydroxyl groups excluding tert-OH is 1. The molecular weight excluding hydrogens is 299 g/mol. The average molecular weight is 317 g/mol. The van der Waals surface area contributed by atoms with Crippen LogP contribution in [0.2, 0.25) is 10.0 Å². The fraction of sp³-hybridized carbons (Fsp3) is 0.500. The lowest BCUT2D eigenvalue weighted by Gasteiger charge is -2.20. The van der Waals surface area contributed by atoms with E-state index in [-0.39, 0.29) is 12.5 Å². The van der Waals surface area contributed by atoms with Crippen molar-refractivity contribution < 1.29 is 9.90 Å². The second kappa shape index (κ2) is 7.27. The first-order valence-corrected chi connectivity index (χ1v) is 7.46. The zero-order valence-electron chi connectivity index (χ0n) is 11.1. The van der Waals surface area contributed by atoms with Gasteiger partial charge in [0.15, 0.2) is 0 Å². The largest absolute Gasteiger partial charge is 0.395 e. The first-order valence-electron chi connectivity index (χ1n) is 6.70. The molecule has 0 atom stereocenters. The number of benzene rings is 1. The van der Waals surface area contributed by atoms with Crippen LogP contribution in [-0.2, 0) is 4.79 Å².